The lowest BCUT2D eigenvalue weighted by Crippen LogP contribution is -2.21. The molecule has 9 nitrogen and oxygen atoms in total. The van der Waals surface area contributed by atoms with E-state index in [4.69, 9.17) is 4.98 Å². The number of carbonyl (C=O) groups is 1. The van der Waals surface area contributed by atoms with Crippen LogP contribution in [0.4, 0.5) is 5.82 Å². The number of pyridine rings is 2. The molecule has 0 fully saturated rings. The van der Waals surface area contributed by atoms with Crippen molar-refractivity contribution in [3.63, 3.8) is 0 Å². The molecule has 0 saturated carbocycles. The minimum Gasteiger partial charge on any atom is -0.370 e. The Kier molecular flexibility index (Phi) is 6.85. The molecule has 5 rings (SSSR count). The lowest BCUT2D eigenvalue weighted by molar-refractivity contribution is 0.0964. The largest absolute Gasteiger partial charge is 0.370 e. The van der Waals surface area contributed by atoms with Crippen LogP contribution in [-0.4, -0.2) is 49.0 Å². The Morgan fingerprint density at radius 3 is 2.73 bits per heavy atom. The minimum absolute atomic E-state index is 0.161. The topological polar surface area (TPSA) is 111 Å². The highest BCUT2D eigenvalue weighted by atomic mass is 16.1. The number of hydrogen-bond donors (Lipinski definition) is 2. The second-order valence-electron chi connectivity index (χ2n) is 8.90. The maximum Gasteiger partial charge on any atom is 0.253 e. The first kappa shape index (κ1) is 24.1. The molecule has 0 aliphatic heterocycles. The van der Waals surface area contributed by atoms with Gasteiger partial charge in [0.05, 0.1) is 35.0 Å². The monoisotopic (exact) mass is 492 g/mol. The van der Waals surface area contributed by atoms with Crippen LogP contribution < -0.4 is 10.6 Å². The molecule has 1 unspecified atom stereocenters. The lowest BCUT2D eigenvalue weighted by Gasteiger charge is -2.18. The summed E-state index contributed by atoms with van der Waals surface area (Å²) in [4.78, 5) is 34.9. The Balaban J connectivity index is 1.36. The van der Waals surface area contributed by atoms with Gasteiger partial charge in [0.25, 0.3) is 5.91 Å². The van der Waals surface area contributed by atoms with E-state index in [0.29, 0.717) is 11.3 Å². The highest BCUT2D eigenvalue weighted by Crippen LogP contribution is 2.31. The van der Waals surface area contributed by atoms with Gasteiger partial charge in [0.1, 0.15) is 12.1 Å². The third-order valence-corrected chi connectivity index (χ3v) is 6.43. The summed E-state index contributed by atoms with van der Waals surface area (Å²) in [5, 5.41) is 7.00. The van der Waals surface area contributed by atoms with E-state index in [1.54, 1.807) is 42.9 Å². The molecule has 0 spiro atoms. The average Bonchev–Trinajstić information content (AvgIpc) is 3.47. The predicted octanol–water partition coefficient (Wildman–Crippen LogP) is 4.55. The van der Waals surface area contributed by atoms with Crippen molar-refractivity contribution in [1.82, 2.24) is 34.8 Å². The van der Waals surface area contributed by atoms with Gasteiger partial charge in [-0.05, 0) is 37.0 Å². The first-order valence-corrected chi connectivity index (χ1v) is 12.2. The third kappa shape index (κ3) is 5.02. The van der Waals surface area contributed by atoms with Crippen molar-refractivity contribution in [2.75, 3.05) is 18.9 Å². The fraction of sp³-hybridized carbons (Fsp3) is 0.214. The van der Waals surface area contributed by atoms with Gasteiger partial charge in [0.2, 0.25) is 0 Å². The molecule has 186 valence electrons. The van der Waals surface area contributed by atoms with Gasteiger partial charge < -0.3 is 15.2 Å². The van der Waals surface area contributed by atoms with Crippen molar-refractivity contribution >= 4 is 22.6 Å². The van der Waals surface area contributed by atoms with Crippen molar-refractivity contribution in [2.45, 2.75) is 26.2 Å². The molecule has 1 amide bonds. The number of nitrogens with one attached hydrogen (secondary N) is 2. The summed E-state index contributed by atoms with van der Waals surface area (Å²) in [7, 11) is 1.64. The van der Waals surface area contributed by atoms with Gasteiger partial charge in [-0.1, -0.05) is 25.1 Å². The molecule has 2 N–H and O–H groups in total. The summed E-state index contributed by atoms with van der Waals surface area (Å²) >= 11 is 0. The van der Waals surface area contributed by atoms with Crippen molar-refractivity contribution in [3.8, 4) is 16.9 Å². The van der Waals surface area contributed by atoms with Gasteiger partial charge in [0.15, 0.2) is 0 Å². The molecule has 5 aromatic rings. The van der Waals surface area contributed by atoms with Crippen LogP contribution in [0, 0.1) is 6.92 Å². The number of para-hydroxylation sites is 1. The van der Waals surface area contributed by atoms with E-state index in [0.717, 1.165) is 52.2 Å². The molecular weight excluding hydrogens is 464 g/mol. The van der Waals surface area contributed by atoms with Gasteiger partial charge in [-0.2, -0.15) is 0 Å². The molecule has 0 aliphatic carbocycles. The SMILES string of the molecule is CNC(=O)c1c(-n2ccnc2)cnc2c(C(C)CCNc3cc(-c4ccc(C)nc4)ncn3)cccc12. The normalized spacial score (nSPS) is 11.9. The Labute approximate surface area is 215 Å². The quantitative estimate of drug-likeness (QED) is 0.327. The number of carbonyl (C=O) groups excluding carboxylic acids is 1. The fourth-order valence-corrected chi connectivity index (χ4v) is 4.40. The number of rotatable bonds is 8. The number of aryl methyl sites for hydroxylation is 1. The van der Waals surface area contributed by atoms with Crippen LogP contribution in [0.1, 0.15) is 40.9 Å². The number of aromatic nitrogens is 6. The zero-order chi connectivity index (χ0) is 25.8. The minimum atomic E-state index is -0.161. The highest BCUT2D eigenvalue weighted by molar-refractivity contribution is 6.09. The van der Waals surface area contributed by atoms with Crippen LogP contribution in [0.2, 0.25) is 0 Å². The second kappa shape index (κ2) is 10.5. The van der Waals surface area contributed by atoms with Crippen LogP contribution in [0.15, 0.2) is 73.8 Å². The Hall–Kier alpha value is -4.66. The van der Waals surface area contributed by atoms with Crippen molar-refractivity contribution < 1.29 is 4.79 Å². The molecule has 0 aliphatic rings. The van der Waals surface area contributed by atoms with Crippen LogP contribution in [0.5, 0.6) is 0 Å². The van der Waals surface area contributed by atoms with Gasteiger partial charge in [-0.15, -0.1) is 0 Å². The summed E-state index contributed by atoms with van der Waals surface area (Å²) in [6, 6.07) is 11.9. The maximum atomic E-state index is 12.9. The van der Waals surface area contributed by atoms with E-state index < -0.39 is 0 Å². The Morgan fingerprint density at radius 1 is 1.08 bits per heavy atom. The van der Waals surface area contributed by atoms with Gasteiger partial charge in [-0.25, -0.2) is 15.0 Å². The highest BCUT2D eigenvalue weighted by Gasteiger charge is 2.20. The number of fused-ring (bicyclic) bond motifs is 1. The molecule has 4 heterocycles. The molecule has 4 aromatic heterocycles. The number of benzene rings is 1. The van der Waals surface area contributed by atoms with Crippen LogP contribution in [0.3, 0.4) is 0 Å². The number of imidazole rings is 1. The summed E-state index contributed by atoms with van der Waals surface area (Å²) in [5.41, 5.74) is 5.94. The Morgan fingerprint density at radius 2 is 1.97 bits per heavy atom. The van der Waals surface area contributed by atoms with Crippen molar-refractivity contribution in [2.24, 2.45) is 0 Å². The standard InChI is InChI=1S/C28H28N8O/c1-18(9-10-31-25-13-23(34-16-35-25)20-8-7-19(2)32-14-20)21-5-4-6-22-26(28(37)29-3)24(15-33-27(21)22)36-12-11-30-17-36/h4-8,11-18H,9-10H2,1-3H3,(H,29,37)(H,31,34,35). The summed E-state index contributed by atoms with van der Waals surface area (Å²) in [5.74, 6) is 0.801. The number of amides is 1. The number of hydrogen-bond acceptors (Lipinski definition) is 7. The Bertz CT molecular complexity index is 1530. The maximum absolute atomic E-state index is 12.9. The lowest BCUT2D eigenvalue weighted by atomic mass is 9.93. The van der Waals surface area contributed by atoms with E-state index in [9.17, 15) is 4.79 Å². The first-order valence-electron chi connectivity index (χ1n) is 12.2. The third-order valence-electron chi connectivity index (χ3n) is 6.43. The van der Waals surface area contributed by atoms with Crippen molar-refractivity contribution in [1.29, 1.82) is 0 Å². The average molecular weight is 493 g/mol. The van der Waals surface area contributed by atoms with Gasteiger partial charge in [-0.3, -0.25) is 14.8 Å². The number of anilines is 1. The van der Waals surface area contributed by atoms with E-state index >= 15 is 0 Å². The van der Waals surface area contributed by atoms with E-state index in [-0.39, 0.29) is 11.8 Å². The molecule has 0 radical (unpaired) electrons. The van der Waals surface area contributed by atoms with Crippen LogP contribution >= 0.6 is 0 Å². The molecule has 0 bridgehead atoms. The zero-order valence-corrected chi connectivity index (χ0v) is 21.0. The van der Waals surface area contributed by atoms with Crippen molar-refractivity contribution in [3.05, 3.63) is 90.7 Å². The van der Waals surface area contributed by atoms with Crippen LogP contribution in [-0.2, 0) is 0 Å². The van der Waals surface area contributed by atoms with E-state index in [1.165, 1.54) is 0 Å². The zero-order valence-electron chi connectivity index (χ0n) is 21.0. The first-order chi connectivity index (χ1) is 18.0. The van der Waals surface area contributed by atoms with Crippen LogP contribution in [0.25, 0.3) is 27.8 Å². The smallest absolute Gasteiger partial charge is 0.253 e. The predicted molar refractivity (Wildman–Crippen MR) is 144 cm³/mol. The summed E-state index contributed by atoms with van der Waals surface area (Å²) < 4.78 is 1.81. The molecule has 1 aromatic carbocycles. The molecule has 1 atom stereocenters. The van der Waals surface area contributed by atoms with E-state index in [2.05, 4.69) is 43.6 Å². The molecule has 0 saturated heterocycles. The number of nitrogens with zero attached hydrogens (tertiary/aromatic N) is 6. The second-order valence-corrected chi connectivity index (χ2v) is 8.90. The van der Waals surface area contributed by atoms with Gasteiger partial charge >= 0.3 is 0 Å². The van der Waals surface area contributed by atoms with E-state index in [1.807, 2.05) is 43.5 Å². The van der Waals surface area contributed by atoms with Gasteiger partial charge in [0, 0.05) is 54.9 Å². The molecular formula is C28H28N8O. The molecule has 9 heteroatoms. The summed E-state index contributed by atoms with van der Waals surface area (Å²) in [6.07, 6.45) is 11.1. The summed E-state index contributed by atoms with van der Waals surface area (Å²) in [6.45, 7) is 4.85. The fourth-order valence-electron chi connectivity index (χ4n) is 4.40. The molecule has 37 heavy (non-hydrogen) atoms.